The number of carbonyl (C=O) groups is 2. The predicted molar refractivity (Wildman–Crippen MR) is 104 cm³/mol. The topological polar surface area (TPSA) is 67.9 Å². The Morgan fingerprint density at radius 3 is 2.90 bits per heavy atom. The zero-order valence-corrected chi connectivity index (χ0v) is 15.9. The maximum Gasteiger partial charge on any atom is 0.262 e. The Labute approximate surface area is 167 Å². The number of ether oxygens (including phenoxy) is 2. The van der Waals surface area contributed by atoms with Gasteiger partial charge in [0.25, 0.3) is 11.8 Å². The van der Waals surface area contributed by atoms with Crippen molar-refractivity contribution in [3.05, 3.63) is 52.8 Å². The minimum atomic E-state index is -0.650. The molecular formula is C22H21FN2O4. The molecule has 0 saturated carbocycles. The number of halogens is 1. The first-order valence-electron chi connectivity index (χ1n) is 9.87. The van der Waals surface area contributed by atoms with Crippen LogP contribution in [-0.4, -0.2) is 43.0 Å². The fourth-order valence-electron chi connectivity index (χ4n) is 4.13. The lowest BCUT2D eigenvalue weighted by atomic mass is 9.99. The number of fused-ring (bicyclic) bond motifs is 2. The average Bonchev–Trinajstić information content (AvgIpc) is 3.14. The largest absolute Gasteiger partial charge is 0.493 e. The molecule has 2 aliphatic heterocycles. The van der Waals surface area contributed by atoms with Crippen LogP contribution in [0.2, 0.25) is 0 Å². The standard InChI is InChI=1S/C22H21FN2O4/c23-18-8-20-19(24-21(26)12-29-20)7-17(18)22(27)25-9-13(10-25)11-28-16-5-4-14-2-1-3-15(14)6-16/h4-8,13H,1-3,9-12H2,(H,24,26). The number of hydrogen-bond acceptors (Lipinski definition) is 4. The molecule has 2 aromatic carbocycles. The van der Waals surface area contributed by atoms with Crippen LogP contribution in [0, 0.1) is 11.7 Å². The molecule has 3 aliphatic rings. The monoisotopic (exact) mass is 396 g/mol. The number of nitrogens with one attached hydrogen (secondary N) is 1. The highest BCUT2D eigenvalue weighted by Crippen LogP contribution is 2.32. The number of nitrogens with zero attached hydrogens (tertiary/aromatic N) is 1. The van der Waals surface area contributed by atoms with E-state index in [-0.39, 0.29) is 35.7 Å². The summed E-state index contributed by atoms with van der Waals surface area (Å²) in [7, 11) is 0. The fourth-order valence-corrected chi connectivity index (χ4v) is 4.13. The molecule has 0 aromatic heterocycles. The Morgan fingerprint density at radius 2 is 2.03 bits per heavy atom. The highest BCUT2D eigenvalue weighted by molar-refractivity contribution is 6.00. The molecular weight excluding hydrogens is 375 g/mol. The molecule has 5 rings (SSSR count). The van der Waals surface area contributed by atoms with Crippen LogP contribution in [0.15, 0.2) is 30.3 Å². The predicted octanol–water partition coefficient (Wildman–Crippen LogP) is 2.80. The number of rotatable bonds is 4. The molecule has 2 aromatic rings. The summed E-state index contributed by atoms with van der Waals surface area (Å²) in [6.45, 7) is 1.41. The molecule has 1 saturated heterocycles. The summed E-state index contributed by atoms with van der Waals surface area (Å²) in [5.74, 6) is -0.0393. The molecule has 150 valence electrons. The van der Waals surface area contributed by atoms with E-state index in [2.05, 4.69) is 17.4 Å². The van der Waals surface area contributed by atoms with Gasteiger partial charge in [0, 0.05) is 25.1 Å². The van der Waals surface area contributed by atoms with Gasteiger partial charge in [0.05, 0.1) is 17.9 Å². The molecule has 2 heterocycles. The quantitative estimate of drug-likeness (QED) is 0.863. The molecule has 1 aliphatic carbocycles. The van der Waals surface area contributed by atoms with Gasteiger partial charge in [-0.1, -0.05) is 6.07 Å². The normalized spacial score (nSPS) is 17.7. The van der Waals surface area contributed by atoms with E-state index in [9.17, 15) is 14.0 Å². The molecule has 6 nitrogen and oxygen atoms in total. The summed E-state index contributed by atoms with van der Waals surface area (Å²) < 4.78 is 25.4. The van der Waals surface area contributed by atoms with Gasteiger partial charge in [0.1, 0.15) is 17.3 Å². The summed E-state index contributed by atoms with van der Waals surface area (Å²) >= 11 is 0. The molecule has 29 heavy (non-hydrogen) atoms. The molecule has 0 spiro atoms. The van der Waals surface area contributed by atoms with Crippen molar-refractivity contribution in [2.24, 2.45) is 5.92 Å². The Bertz CT molecular complexity index is 1000. The van der Waals surface area contributed by atoms with E-state index in [1.165, 1.54) is 23.6 Å². The first-order chi connectivity index (χ1) is 14.1. The van der Waals surface area contributed by atoms with Gasteiger partial charge in [-0.25, -0.2) is 4.39 Å². The SMILES string of the molecule is O=C1COc2cc(F)c(C(=O)N3CC(COc4ccc5c(c4)CCC5)C3)cc2N1. The number of carbonyl (C=O) groups excluding carboxylic acids is 2. The van der Waals surface area contributed by atoms with Crippen LogP contribution in [0.4, 0.5) is 10.1 Å². The van der Waals surface area contributed by atoms with Crippen molar-refractivity contribution in [3.8, 4) is 11.5 Å². The fraction of sp³-hybridized carbons (Fsp3) is 0.364. The zero-order valence-electron chi connectivity index (χ0n) is 15.9. The van der Waals surface area contributed by atoms with Crippen molar-refractivity contribution in [3.63, 3.8) is 0 Å². The Kier molecular flexibility index (Phi) is 4.38. The van der Waals surface area contributed by atoms with Gasteiger partial charge >= 0.3 is 0 Å². The van der Waals surface area contributed by atoms with Gasteiger partial charge < -0.3 is 19.7 Å². The van der Waals surface area contributed by atoms with E-state index < -0.39 is 5.82 Å². The van der Waals surface area contributed by atoms with E-state index >= 15 is 0 Å². The third-order valence-corrected chi connectivity index (χ3v) is 5.73. The van der Waals surface area contributed by atoms with Crippen molar-refractivity contribution < 1.29 is 23.5 Å². The average molecular weight is 396 g/mol. The van der Waals surface area contributed by atoms with Gasteiger partial charge in [-0.05, 0) is 48.6 Å². The highest BCUT2D eigenvalue weighted by atomic mass is 19.1. The molecule has 0 radical (unpaired) electrons. The minimum Gasteiger partial charge on any atom is -0.493 e. The Balaban J connectivity index is 1.18. The minimum absolute atomic E-state index is 0.0625. The van der Waals surface area contributed by atoms with Crippen LogP contribution in [-0.2, 0) is 17.6 Å². The van der Waals surface area contributed by atoms with Gasteiger partial charge in [-0.2, -0.15) is 0 Å². The maximum atomic E-state index is 14.4. The summed E-state index contributed by atoms with van der Waals surface area (Å²) in [4.78, 5) is 25.7. The lowest BCUT2D eigenvalue weighted by Crippen LogP contribution is -2.52. The van der Waals surface area contributed by atoms with E-state index in [1.807, 2.05) is 6.07 Å². The molecule has 0 unspecified atom stereocenters. The Hall–Kier alpha value is -3.09. The first-order valence-corrected chi connectivity index (χ1v) is 9.87. The van der Waals surface area contributed by atoms with Crippen LogP contribution < -0.4 is 14.8 Å². The van der Waals surface area contributed by atoms with Crippen molar-refractivity contribution in [1.82, 2.24) is 4.90 Å². The van der Waals surface area contributed by atoms with Crippen molar-refractivity contribution >= 4 is 17.5 Å². The van der Waals surface area contributed by atoms with Gasteiger partial charge in [0.2, 0.25) is 0 Å². The second-order valence-corrected chi connectivity index (χ2v) is 7.84. The summed E-state index contributed by atoms with van der Waals surface area (Å²) in [6.07, 6.45) is 3.45. The number of benzene rings is 2. The Morgan fingerprint density at radius 1 is 1.21 bits per heavy atom. The molecule has 1 N–H and O–H groups in total. The van der Waals surface area contributed by atoms with Gasteiger partial charge in [-0.15, -0.1) is 0 Å². The second kappa shape index (κ2) is 7.06. The van der Waals surface area contributed by atoms with Crippen LogP contribution in [0.25, 0.3) is 0 Å². The van der Waals surface area contributed by atoms with E-state index in [1.54, 1.807) is 4.90 Å². The van der Waals surface area contributed by atoms with E-state index in [0.29, 0.717) is 25.4 Å². The second-order valence-electron chi connectivity index (χ2n) is 7.84. The van der Waals surface area contributed by atoms with Gasteiger partial charge in [-0.3, -0.25) is 9.59 Å². The lowest BCUT2D eigenvalue weighted by Gasteiger charge is -2.39. The lowest BCUT2D eigenvalue weighted by molar-refractivity contribution is -0.118. The summed E-state index contributed by atoms with van der Waals surface area (Å²) in [5, 5.41) is 2.60. The summed E-state index contributed by atoms with van der Waals surface area (Å²) in [6, 6.07) is 8.75. The van der Waals surface area contributed by atoms with Crippen LogP contribution >= 0.6 is 0 Å². The summed E-state index contributed by atoms with van der Waals surface area (Å²) in [5.41, 5.74) is 3.04. The van der Waals surface area contributed by atoms with Crippen LogP contribution in [0.3, 0.4) is 0 Å². The molecule has 0 atom stereocenters. The molecule has 2 amide bonds. The third-order valence-electron chi connectivity index (χ3n) is 5.73. The third kappa shape index (κ3) is 3.41. The van der Waals surface area contributed by atoms with Crippen LogP contribution in [0.5, 0.6) is 11.5 Å². The number of anilines is 1. The van der Waals surface area contributed by atoms with Crippen molar-refractivity contribution in [2.45, 2.75) is 19.3 Å². The van der Waals surface area contributed by atoms with Crippen molar-refractivity contribution in [1.29, 1.82) is 0 Å². The molecule has 7 heteroatoms. The molecule has 1 fully saturated rings. The van der Waals surface area contributed by atoms with E-state index in [0.717, 1.165) is 24.7 Å². The van der Waals surface area contributed by atoms with Crippen molar-refractivity contribution in [2.75, 3.05) is 31.6 Å². The van der Waals surface area contributed by atoms with E-state index in [4.69, 9.17) is 9.47 Å². The highest BCUT2D eigenvalue weighted by Gasteiger charge is 2.34. The van der Waals surface area contributed by atoms with Gasteiger partial charge in [0.15, 0.2) is 6.61 Å². The number of amides is 2. The number of hydrogen-bond donors (Lipinski definition) is 1. The first kappa shape index (κ1) is 18.0. The molecule has 0 bridgehead atoms. The smallest absolute Gasteiger partial charge is 0.262 e. The number of aryl methyl sites for hydroxylation is 2. The van der Waals surface area contributed by atoms with Crippen LogP contribution in [0.1, 0.15) is 27.9 Å². The maximum absolute atomic E-state index is 14.4. The number of likely N-dealkylation sites (tertiary alicyclic amines) is 1. The zero-order chi connectivity index (χ0) is 20.0.